The van der Waals surface area contributed by atoms with E-state index in [0.29, 0.717) is 11.3 Å². The van der Waals surface area contributed by atoms with E-state index in [4.69, 9.17) is 14.2 Å². The van der Waals surface area contributed by atoms with Crippen molar-refractivity contribution in [3.8, 4) is 5.75 Å². The van der Waals surface area contributed by atoms with Crippen LogP contribution >= 0.6 is 0 Å². The zero-order valence-electron chi connectivity index (χ0n) is 18.3. The summed E-state index contributed by atoms with van der Waals surface area (Å²) in [7, 11) is 1.56. The highest BCUT2D eigenvalue weighted by molar-refractivity contribution is 6.12. The van der Waals surface area contributed by atoms with Crippen LogP contribution in [0.25, 0.3) is 0 Å². The average Bonchev–Trinajstić information content (AvgIpc) is 2.90. The average molecular weight is 405 g/mol. The molecule has 1 amide bonds. The minimum absolute atomic E-state index is 0.00395. The Bertz CT molecular complexity index is 772. The van der Waals surface area contributed by atoms with Crippen LogP contribution in [0.15, 0.2) is 24.3 Å². The third-order valence-electron chi connectivity index (χ3n) is 4.45. The molecule has 2 rings (SSSR count). The summed E-state index contributed by atoms with van der Waals surface area (Å²) in [6, 6.07) is 7.03. The van der Waals surface area contributed by atoms with E-state index in [1.807, 2.05) is 0 Å². The quantitative estimate of drug-likeness (QED) is 0.563. The zero-order valence-corrected chi connectivity index (χ0v) is 18.3. The number of hydrogen-bond acceptors (Lipinski definition) is 6. The molecule has 1 heterocycles. The van der Waals surface area contributed by atoms with Gasteiger partial charge in [0.1, 0.15) is 17.0 Å². The van der Waals surface area contributed by atoms with Crippen molar-refractivity contribution in [1.82, 2.24) is 4.90 Å². The number of ketones is 1. The van der Waals surface area contributed by atoms with Crippen molar-refractivity contribution >= 4 is 17.8 Å². The molecule has 1 aromatic rings. The lowest BCUT2D eigenvalue weighted by Crippen LogP contribution is -2.60. The maximum atomic E-state index is 13.3. The van der Waals surface area contributed by atoms with E-state index in [9.17, 15) is 14.4 Å². The Hall–Kier alpha value is -2.57. The molecular formula is C22H31NO6. The fourth-order valence-corrected chi connectivity index (χ4v) is 3.22. The summed E-state index contributed by atoms with van der Waals surface area (Å²) in [5, 5.41) is 0. The third-order valence-corrected chi connectivity index (χ3v) is 4.45. The maximum absolute atomic E-state index is 13.3. The van der Waals surface area contributed by atoms with Crippen molar-refractivity contribution in [2.24, 2.45) is 0 Å². The van der Waals surface area contributed by atoms with Crippen LogP contribution in [0.3, 0.4) is 0 Å². The highest BCUT2D eigenvalue weighted by atomic mass is 16.6. The Morgan fingerprint density at radius 2 is 1.55 bits per heavy atom. The summed E-state index contributed by atoms with van der Waals surface area (Å²) in [5.41, 5.74) is -2.63. The van der Waals surface area contributed by atoms with Crippen LogP contribution in [0, 0.1) is 0 Å². The van der Waals surface area contributed by atoms with Crippen LogP contribution in [0.5, 0.6) is 5.75 Å². The summed E-state index contributed by atoms with van der Waals surface area (Å²) in [5.74, 6) is -0.440. The summed E-state index contributed by atoms with van der Waals surface area (Å²) in [6.07, 6.45) is -0.638. The second kappa shape index (κ2) is 8.05. The van der Waals surface area contributed by atoms with Crippen LogP contribution in [-0.2, 0) is 25.5 Å². The monoisotopic (exact) mass is 405 g/mol. The standard InChI is InChI=1S/C22H31NO6/c1-20(2,3)28-18(25)22(14-15-8-10-16(27-7)11-9-15)17(24)12-13-23(22)19(26)29-21(4,5)6/h8-11H,12-14H2,1-7H3/t22-/m1/s1. The minimum Gasteiger partial charge on any atom is -0.497 e. The van der Waals surface area contributed by atoms with E-state index in [1.165, 1.54) is 4.90 Å². The van der Waals surface area contributed by atoms with Gasteiger partial charge in [-0.05, 0) is 59.2 Å². The number of likely N-dealkylation sites (tertiary alicyclic amines) is 1. The molecule has 0 aromatic heterocycles. The number of Topliss-reactive ketones (excluding diaryl/α,β-unsaturated/α-hetero) is 1. The molecule has 7 nitrogen and oxygen atoms in total. The number of methoxy groups -OCH3 is 1. The fraction of sp³-hybridized carbons (Fsp3) is 0.591. The molecule has 0 spiro atoms. The van der Waals surface area contributed by atoms with Crippen LogP contribution < -0.4 is 4.74 Å². The number of rotatable bonds is 4. The van der Waals surface area contributed by atoms with Crippen LogP contribution in [0.2, 0.25) is 0 Å². The maximum Gasteiger partial charge on any atom is 0.411 e. The molecule has 29 heavy (non-hydrogen) atoms. The molecule has 0 saturated carbocycles. The van der Waals surface area contributed by atoms with Crippen LogP contribution in [-0.4, -0.2) is 53.1 Å². The number of amides is 1. The van der Waals surface area contributed by atoms with Crippen molar-refractivity contribution in [1.29, 1.82) is 0 Å². The predicted octanol–water partition coefficient (Wildman–Crippen LogP) is 3.53. The zero-order chi connectivity index (χ0) is 22.0. The Balaban J connectivity index is 2.49. The van der Waals surface area contributed by atoms with Gasteiger partial charge in [-0.25, -0.2) is 9.59 Å². The van der Waals surface area contributed by atoms with E-state index in [-0.39, 0.29) is 25.2 Å². The van der Waals surface area contributed by atoms with Gasteiger partial charge >= 0.3 is 12.1 Å². The topological polar surface area (TPSA) is 82.1 Å². The Morgan fingerprint density at radius 3 is 2.03 bits per heavy atom. The molecule has 1 aliphatic rings. The lowest BCUT2D eigenvalue weighted by Gasteiger charge is -2.37. The summed E-state index contributed by atoms with van der Waals surface area (Å²) in [6.45, 7) is 10.5. The van der Waals surface area contributed by atoms with E-state index in [0.717, 1.165) is 0 Å². The van der Waals surface area contributed by atoms with E-state index >= 15 is 0 Å². The van der Waals surface area contributed by atoms with Crippen molar-refractivity contribution in [3.63, 3.8) is 0 Å². The Morgan fingerprint density at radius 1 is 1.00 bits per heavy atom. The van der Waals surface area contributed by atoms with Gasteiger partial charge in [0.25, 0.3) is 0 Å². The summed E-state index contributed by atoms with van der Waals surface area (Å²) >= 11 is 0. The number of nitrogens with zero attached hydrogens (tertiary/aromatic N) is 1. The highest BCUT2D eigenvalue weighted by Gasteiger charge is 2.59. The van der Waals surface area contributed by atoms with Gasteiger partial charge in [-0.2, -0.15) is 0 Å². The first-order valence-electron chi connectivity index (χ1n) is 9.69. The molecule has 0 bridgehead atoms. The van der Waals surface area contributed by atoms with Crippen molar-refractivity contribution < 1.29 is 28.6 Å². The van der Waals surface area contributed by atoms with Gasteiger partial charge in [-0.15, -0.1) is 0 Å². The SMILES string of the molecule is COc1ccc(C[C@]2(C(=O)OC(C)(C)C)C(=O)CCN2C(=O)OC(C)(C)C)cc1. The molecule has 1 saturated heterocycles. The number of hydrogen-bond donors (Lipinski definition) is 0. The van der Waals surface area contributed by atoms with E-state index < -0.39 is 28.8 Å². The normalized spacial score (nSPS) is 19.8. The summed E-state index contributed by atoms with van der Waals surface area (Å²) in [4.78, 5) is 40.5. The van der Waals surface area contributed by atoms with E-state index in [1.54, 1.807) is 72.9 Å². The number of ether oxygens (including phenoxy) is 3. The van der Waals surface area contributed by atoms with Gasteiger partial charge in [0.15, 0.2) is 5.78 Å². The molecule has 160 valence electrons. The Kier molecular flexibility index (Phi) is 6.30. The van der Waals surface area contributed by atoms with Crippen molar-refractivity contribution in [2.45, 2.75) is 71.1 Å². The van der Waals surface area contributed by atoms with Gasteiger partial charge in [0.05, 0.1) is 7.11 Å². The smallest absolute Gasteiger partial charge is 0.411 e. The number of carbonyl (C=O) groups is 3. The van der Waals surface area contributed by atoms with Gasteiger partial charge in [-0.1, -0.05) is 12.1 Å². The molecule has 1 atom stereocenters. The van der Waals surface area contributed by atoms with Crippen molar-refractivity contribution in [3.05, 3.63) is 29.8 Å². The summed E-state index contributed by atoms with van der Waals surface area (Å²) < 4.78 is 16.2. The van der Waals surface area contributed by atoms with Gasteiger partial charge in [0.2, 0.25) is 5.54 Å². The largest absolute Gasteiger partial charge is 0.497 e. The molecule has 1 aromatic carbocycles. The number of carbonyl (C=O) groups excluding carboxylic acids is 3. The van der Waals surface area contributed by atoms with Gasteiger partial charge < -0.3 is 14.2 Å². The lowest BCUT2D eigenvalue weighted by atomic mass is 9.86. The fourth-order valence-electron chi connectivity index (χ4n) is 3.22. The van der Waals surface area contributed by atoms with Gasteiger partial charge in [0, 0.05) is 19.4 Å². The van der Waals surface area contributed by atoms with Gasteiger partial charge in [-0.3, -0.25) is 9.69 Å². The highest BCUT2D eigenvalue weighted by Crippen LogP contribution is 2.34. The number of esters is 1. The molecular weight excluding hydrogens is 374 g/mol. The second-order valence-corrected chi connectivity index (χ2v) is 9.19. The third kappa shape index (κ3) is 5.28. The number of benzene rings is 1. The second-order valence-electron chi connectivity index (χ2n) is 9.19. The predicted molar refractivity (Wildman–Crippen MR) is 108 cm³/mol. The lowest BCUT2D eigenvalue weighted by molar-refractivity contribution is -0.169. The molecule has 0 N–H and O–H groups in total. The first-order chi connectivity index (χ1) is 13.3. The first kappa shape index (κ1) is 22.7. The molecule has 0 aliphatic carbocycles. The molecule has 0 unspecified atom stereocenters. The van der Waals surface area contributed by atoms with Crippen LogP contribution in [0.1, 0.15) is 53.5 Å². The Labute approximate surface area is 172 Å². The van der Waals surface area contributed by atoms with Crippen molar-refractivity contribution in [2.75, 3.05) is 13.7 Å². The molecule has 7 heteroatoms. The molecule has 1 aliphatic heterocycles. The first-order valence-corrected chi connectivity index (χ1v) is 9.69. The van der Waals surface area contributed by atoms with E-state index in [2.05, 4.69) is 0 Å². The minimum atomic E-state index is -1.76. The molecule has 1 fully saturated rings. The molecule has 0 radical (unpaired) electrons. The van der Waals surface area contributed by atoms with Crippen LogP contribution in [0.4, 0.5) is 4.79 Å².